The van der Waals surface area contributed by atoms with E-state index in [9.17, 15) is 0 Å². The smallest absolute Gasteiger partial charge is 0.138 e. The summed E-state index contributed by atoms with van der Waals surface area (Å²) in [6.45, 7) is 5.61. The Kier molecular flexibility index (Phi) is 14.7. The third-order valence-electron chi connectivity index (χ3n) is 2.65. The van der Waals surface area contributed by atoms with Crippen LogP contribution in [0, 0.1) is 0 Å². The lowest BCUT2D eigenvalue weighted by molar-refractivity contribution is 0.333. The first-order chi connectivity index (χ1) is 9.04. The molecule has 7 heteroatoms. The molecule has 0 aliphatic heterocycles. The van der Waals surface area contributed by atoms with Gasteiger partial charge in [0.05, 0.1) is 11.1 Å². The molecule has 0 aliphatic carbocycles. The Morgan fingerprint density at radius 1 is 1.19 bits per heavy atom. The van der Waals surface area contributed by atoms with Gasteiger partial charge in [-0.15, -0.1) is 24.8 Å². The summed E-state index contributed by atoms with van der Waals surface area (Å²) in [6.07, 6.45) is 1.14. The van der Waals surface area contributed by atoms with E-state index in [-0.39, 0.29) is 24.8 Å². The maximum absolute atomic E-state index is 5.70. The van der Waals surface area contributed by atoms with Gasteiger partial charge in [-0.1, -0.05) is 15.9 Å². The molecule has 1 N–H and O–H groups in total. The number of nitrogens with one attached hydrogen (secondary N) is 1. The molecule has 0 saturated carbocycles. The van der Waals surface area contributed by atoms with Crippen LogP contribution in [0.1, 0.15) is 18.9 Å². The maximum atomic E-state index is 5.70. The minimum absolute atomic E-state index is 0. The lowest BCUT2D eigenvalue weighted by Crippen LogP contribution is -2.21. The van der Waals surface area contributed by atoms with Gasteiger partial charge in [0.25, 0.3) is 0 Å². The Hall–Kier alpha value is 0.480. The highest BCUT2D eigenvalue weighted by Gasteiger charge is 2.09. The topological polar surface area (TPSA) is 24.5 Å². The van der Waals surface area contributed by atoms with Crippen molar-refractivity contribution in [2.24, 2.45) is 0 Å². The van der Waals surface area contributed by atoms with Crippen LogP contribution in [0.25, 0.3) is 0 Å². The molecule has 0 bridgehead atoms. The van der Waals surface area contributed by atoms with Gasteiger partial charge in [0, 0.05) is 16.6 Å². The fourth-order valence-electron chi connectivity index (χ4n) is 1.79. The summed E-state index contributed by atoms with van der Waals surface area (Å²) < 4.78 is 7.76. The fraction of sp³-hybridized carbons (Fsp3) is 0.571. The number of nitrogens with zero attached hydrogens (tertiary/aromatic N) is 1. The molecule has 124 valence electrons. The first-order valence-corrected chi connectivity index (χ1v) is 8.09. The van der Waals surface area contributed by atoms with Crippen molar-refractivity contribution >= 4 is 56.7 Å². The van der Waals surface area contributed by atoms with Gasteiger partial charge >= 0.3 is 0 Å². The third-order valence-corrected chi connectivity index (χ3v) is 3.70. The zero-order valence-electron chi connectivity index (χ0n) is 12.6. The van der Waals surface area contributed by atoms with Crippen LogP contribution in [0.2, 0.25) is 0 Å². The summed E-state index contributed by atoms with van der Waals surface area (Å²) in [6, 6.07) is 4.12. The highest BCUT2D eigenvalue weighted by molar-refractivity contribution is 9.11. The van der Waals surface area contributed by atoms with E-state index < -0.39 is 0 Å². The van der Waals surface area contributed by atoms with Crippen LogP contribution < -0.4 is 10.1 Å². The fourth-order valence-corrected chi connectivity index (χ4v) is 3.22. The molecule has 1 aromatic carbocycles. The van der Waals surface area contributed by atoms with E-state index in [2.05, 4.69) is 62.2 Å². The molecule has 0 amide bonds. The van der Waals surface area contributed by atoms with Crippen LogP contribution in [0.4, 0.5) is 0 Å². The van der Waals surface area contributed by atoms with Crippen molar-refractivity contribution in [3.8, 4) is 5.75 Å². The lowest BCUT2D eigenvalue weighted by Gasteiger charge is -2.14. The van der Waals surface area contributed by atoms with E-state index in [1.807, 2.05) is 13.0 Å². The normalized spacial score (nSPS) is 10.0. The van der Waals surface area contributed by atoms with Crippen molar-refractivity contribution in [3.63, 3.8) is 0 Å². The molecule has 0 spiro atoms. The highest BCUT2D eigenvalue weighted by Crippen LogP contribution is 2.32. The van der Waals surface area contributed by atoms with Crippen molar-refractivity contribution in [1.29, 1.82) is 0 Å². The summed E-state index contributed by atoms with van der Waals surface area (Å²) >= 11 is 7.07. The van der Waals surface area contributed by atoms with Crippen LogP contribution in [-0.2, 0) is 6.54 Å². The molecule has 0 saturated heterocycles. The van der Waals surface area contributed by atoms with Gasteiger partial charge in [-0.25, -0.2) is 0 Å². The molecule has 1 rings (SSSR count). The summed E-state index contributed by atoms with van der Waals surface area (Å²) in [5.41, 5.74) is 1.17. The van der Waals surface area contributed by atoms with Crippen molar-refractivity contribution < 1.29 is 4.74 Å². The maximum Gasteiger partial charge on any atom is 0.138 e. The van der Waals surface area contributed by atoms with Gasteiger partial charge in [-0.05, 0) is 68.6 Å². The first-order valence-electron chi connectivity index (χ1n) is 6.50. The van der Waals surface area contributed by atoms with Gasteiger partial charge in [0.2, 0.25) is 0 Å². The van der Waals surface area contributed by atoms with E-state index >= 15 is 0 Å². The van der Waals surface area contributed by atoms with Crippen molar-refractivity contribution in [3.05, 3.63) is 26.6 Å². The molecule has 0 aromatic heterocycles. The monoisotopic (exact) mass is 464 g/mol. The summed E-state index contributed by atoms with van der Waals surface area (Å²) in [4.78, 5) is 2.20. The number of benzene rings is 1. The average molecular weight is 467 g/mol. The second kappa shape index (κ2) is 13.0. The Balaban J connectivity index is 0. The molecule has 0 fully saturated rings. The molecule has 21 heavy (non-hydrogen) atoms. The number of hydrogen-bond acceptors (Lipinski definition) is 3. The highest BCUT2D eigenvalue weighted by atomic mass is 79.9. The molecule has 1 aromatic rings. The summed E-state index contributed by atoms with van der Waals surface area (Å²) in [5.74, 6) is 0.936. The predicted molar refractivity (Wildman–Crippen MR) is 102 cm³/mol. The Labute approximate surface area is 157 Å². The van der Waals surface area contributed by atoms with Crippen molar-refractivity contribution in [1.82, 2.24) is 10.2 Å². The molecular weight excluding hydrogens is 443 g/mol. The standard InChI is InChI=1S/C14H22Br2N2O.2ClH/c1-4-19-14-11(8-12(15)9-13(14)16)10-17-6-5-7-18(2)3;;/h8-9,17H,4-7,10H2,1-3H3;2*1H. The quantitative estimate of drug-likeness (QED) is 0.571. The number of ether oxygens (including phenoxy) is 1. The number of hydrogen-bond donors (Lipinski definition) is 1. The molecule has 0 aliphatic rings. The second-order valence-corrected chi connectivity index (χ2v) is 6.41. The first kappa shape index (κ1) is 23.7. The Morgan fingerprint density at radius 2 is 1.86 bits per heavy atom. The largest absolute Gasteiger partial charge is 0.492 e. The predicted octanol–water partition coefficient (Wildman–Crippen LogP) is 4.50. The zero-order chi connectivity index (χ0) is 14.3. The third kappa shape index (κ3) is 9.26. The van der Waals surface area contributed by atoms with Crippen LogP contribution >= 0.6 is 56.7 Å². The second-order valence-electron chi connectivity index (χ2n) is 4.64. The van der Waals surface area contributed by atoms with Crippen LogP contribution in [-0.4, -0.2) is 38.7 Å². The number of halogens is 4. The molecule has 0 unspecified atom stereocenters. The van der Waals surface area contributed by atoms with E-state index in [0.29, 0.717) is 6.61 Å². The van der Waals surface area contributed by atoms with Crippen LogP contribution in [0.15, 0.2) is 21.1 Å². The van der Waals surface area contributed by atoms with Crippen LogP contribution in [0.5, 0.6) is 5.75 Å². The zero-order valence-corrected chi connectivity index (χ0v) is 17.4. The Bertz CT molecular complexity index is 407. The lowest BCUT2D eigenvalue weighted by atomic mass is 10.2. The van der Waals surface area contributed by atoms with Crippen molar-refractivity contribution in [2.45, 2.75) is 19.9 Å². The molecular formula is C14H24Br2Cl2N2O. The average Bonchev–Trinajstić information content (AvgIpc) is 2.32. The van der Waals surface area contributed by atoms with Gasteiger partial charge in [-0.3, -0.25) is 0 Å². The minimum Gasteiger partial charge on any atom is -0.492 e. The summed E-state index contributed by atoms with van der Waals surface area (Å²) in [5, 5.41) is 3.46. The SMILES string of the molecule is CCOc1c(Br)cc(Br)cc1CNCCCN(C)C.Cl.Cl. The van der Waals surface area contributed by atoms with Gasteiger partial charge in [0.15, 0.2) is 0 Å². The van der Waals surface area contributed by atoms with Gasteiger partial charge in [-0.2, -0.15) is 0 Å². The van der Waals surface area contributed by atoms with Crippen LogP contribution in [0.3, 0.4) is 0 Å². The van der Waals surface area contributed by atoms with E-state index in [4.69, 9.17) is 4.74 Å². The summed E-state index contributed by atoms with van der Waals surface area (Å²) in [7, 11) is 4.19. The van der Waals surface area contributed by atoms with E-state index in [1.165, 1.54) is 5.56 Å². The minimum atomic E-state index is 0. The van der Waals surface area contributed by atoms with E-state index in [1.54, 1.807) is 0 Å². The van der Waals surface area contributed by atoms with Gasteiger partial charge in [0.1, 0.15) is 5.75 Å². The molecule has 0 atom stereocenters. The Morgan fingerprint density at radius 3 is 2.43 bits per heavy atom. The van der Waals surface area contributed by atoms with Gasteiger partial charge < -0.3 is 15.0 Å². The molecule has 3 nitrogen and oxygen atoms in total. The van der Waals surface area contributed by atoms with Crippen molar-refractivity contribution in [2.75, 3.05) is 33.8 Å². The number of rotatable bonds is 8. The van der Waals surface area contributed by atoms with E-state index in [0.717, 1.165) is 40.8 Å². The molecule has 0 heterocycles. The molecule has 0 radical (unpaired) electrons.